The molecule has 0 bridgehead atoms. The summed E-state index contributed by atoms with van der Waals surface area (Å²) in [5.74, 6) is -0.0981. The molecule has 2 heterocycles. The smallest absolute Gasteiger partial charge is 0.325 e. The summed E-state index contributed by atoms with van der Waals surface area (Å²) in [4.78, 5) is 41.2. The number of nitrogens with one attached hydrogen (secondary N) is 1. The van der Waals surface area contributed by atoms with Gasteiger partial charge in [-0.1, -0.05) is 23.4 Å². The van der Waals surface area contributed by atoms with Crippen molar-refractivity contribution in [3.63, 3.8) is 0 Å². The van der Waals surface area contributed by atoms with E-state index in [1.54, 1.807) is 35.9 Å². The fourth-order valence-electron chi connectivity index (χ4n) is 2.69. The summed E-state index contributed by atoms with van der Waals surface area (Å²) >= 11 is 7.04. The van der Waals surface area contributed by atoms with Crippen LogP contribution in [-0.2, 0) is 25.4 Å². The van der Waals surface area contributed by atoms with Crippen molar-refractivity contribution in [3.8, 4) is 0 Å². The fourth-order valence-corrected chi connectivity index (χ4v) is 3.68. The van der Waals surface area contributed by atoms with Crippen LogP contribution < -0.4 is 16.6 Å². The van der Waals surface area contributed by atoms with Crippen molar-refractivity contribution in [1.82, 2.24) is 18.7 Å². The summed E-state index contributed by atoms with van der Waals surface area (Å²) < 4.78 is 4.11. The van der Waals surface area contributed by atoms with E-state index < -0.39 is 11.2 Å². The van der Waals surface area contributed by atoms with Gasteiger partial charge in [0.05, 0.1) is 5.75 Å². The first-order chi connectivity index (χ1) is 12.8. The highest BCUT2D eigenvalue weighted by Gasteiger charge is 2.19. The Kier molecular flexibility index (Phi) is 5.43. The molecule has 0 spiro atoms. The third-order valence-corrected chi connectivity index (χ3v) is 5.32. The van der Waals surface area contributed by atoms with Crippen molar-refractivity contribution < 1.29 is 4.79 Å². The molecule has 142 valence electrons. The number of anilines is 1. The van der Waals surface area contributed by atoms with Gasteiger partial charge in [-0.2, -0.15) is 0 Å². The van der Waals surface area contributed by atoms with E-state index in [1.807, 2.05) is 6.92 Å². The van der Waals surface area contributed by atoms with Crippen LogP contribution >= 0.6 is 23.4 Å². The second-order valence-corrected chi connectivity index (χ2v) is 7.24. The van der Waals surface area contributed by atoms with Gasteiger partial charge in [0, 0.05) is 31.4 Å². The molecule has 0 saturated heterocycles. The summed E-state index contributed by atoms with van der Waals surface area (Å²) in [5, 5.41) is 3.88. The summed E-state index contributed by atoms with van der Waals surface area (Å²) in [6.45, 7) is 2.37. The van der Waals surface area contributed by atoms with E-state index in [-0.39, 0.29) is 11.7 Å². The highest BCUT2D eigenvalue weighted by atomic mass is 35.5. The van der Waals surface area contributed by atoms with E-state index >= 15 is 0 Å². The number of fused-ring (bicyclic) bond motifs is 1. The van der Waals surface area contributed by atoms with Gasteiger partial charge in [0.2, 0.25) is 5.91 Å². The normalized spacial score (nSPS) is 11.1. The van der Waals surface area contributed by atoms with E-state index in [2.05, 4.69) is 10.3 Å². The molecule has 1 aromatic carbocycles. The second kappa shape index (κ2) is 7.61. The SMILES string of the molecule is CCn1c(SCC(=O)Nc2ccc(Cl)cc2)nc2c1c(=O)n(C)c(=O)n2C. The van der Waals surface area contributed by atoms with E-state index in [0.717, 1.165) is 4.57 Å². The van der Waals surface area contributed by atoms with Gasteiger partial charge in [-0.3, -0.25) is 18.7 Å². The number of carbonyl (C=O) groups is 1. The lowest BCUT2D eigenvalue weighted by Gasteiger charge is -2.07. The zero-order valence-electron chi connectivity index (χ0n) is 15.0. The molecule has 0 fully saturated rings. The first kappa shape index (κ1) is 19.2. The molecule has 0 aliphatic heterocycles. The average molecular weight is 408 g/mol. The minimum atomic E-state index is -0.440. The number of hydrogen-bond donors (Lipinski definition) is 1. The number of carbonyl (C=O) groups excluding carboxylic acids is 1. The second-order valence-electron chi connectivity index (χ2n) is 5.86. The van der Waals surface area contributed by atoms with Crippen molar-refractivity contribution in [2.75, 3.05) is 11.1 Å². The molecule has 10 heteroatoms. The molecule has 2 aromatic heterocycles. The molecular weight excluding hydrogens is 390 g/mol. The average Bonchev–Trinajstić information content (AvgIpc) is 3.03. The Morgan fingerprint density at radius 2 is 1.85 bits per heavy atom. The molecule has 27 heavy (non-hydrogen) atoms. The molecule has 0 aliphatic carbocycles. The zero-order valence-corrected chi connectivity index (χ0v) is 16.6. The molecule has 3 aromatic rings. The van der Waals surface area contributed by atoms with Crippen LogP contribution in [0.25, 0.3) is 11.2 Å². The number of rotatable bonds is 5. The van der Waals surface area contributed by atoms with Crippen LogP contribution in [0.4, 0.5) is 5.69 Å². The minimum absolute atomic E-state index is 0.111. The Labute approximate surface area is 163 Å². The molecule has 0 atom stereocenters. The van der Waals surface area contributed by atoms with Crippen molar-refractivity contribution in [2.45, 2.75) is 18.6 Å². The highest BCUT2D eigenvalue weighted by molar-refractivity contribution is 7.99. The number of aryl methyl sites for hydroxylation is 2. The molecule has 0 saturated carbocycles. The van der Waals surface area contributed by atoms with Crippen molar-refractivity contribution in [3.05, 3.63) is 50.1 Å². The van der Waals surface area contributed by atoms with Crippen LogP contribution in [0, 0.1) is 0 Å². The van der Waals surface area contributed by atoms with Crippen molar-refractivity contribution >= 4 is 46.1 Å². The van der Waals surface area contributed by atoms with Gasteiger partial charge in [0.1, 0.15) is 0 Å². The Hall–Kier alpha value is -2.52. The van der Waals surface area contributed by atoms with Crippen LogP contribution in [0.2, 0.25) is 5.02 Å². The van der Waals surface area contributed by atoms with E-state index in [9.17, 15) is 14.4 Å². The Morgan fingerprint density at radius 3 is 2.48 bits per heavy atom. The maximum absolute atomic E-state index is 12.5. The number of amides is 1. The number of aromatic nitrogens is 4. The van der Waals surface area contributed by atoms with Crippen LogP contribution in [0.5, 0.6) is 0 Å². The lowest BCUT2D eigenvalue weighted by molar-refractivity contribution is -0.113. The van der Waals surface area contributed by atoms with Crippen LogP contribution in [0.15, 0.2) is 39.0 Å². The topological polar surface area (TPSA) is 90.9 Å². The lowest BCUT2D eigenvalue weighted by Crippen LogP contribution is -2.37. The Morgan fingerprint density at radius 1 is 1.19 bits per heavy atom. The summed E-state index contributed by atoms with van der Waals surface area (Å²) in [6, 6.07) is 6.81. The third-order valence-electron chi connectivity index (χ3n) is 4.09. The summed E-state index contributed by atoms with van der Waals surface area (Å²) in [5.41, 5.74) is 0.462. The quantitative estimate of drug-likeness (QED) is 0.651. The molecule has 0 aliphatic rings. The molecular formula is C17H18ClN5O3S. The lowest BCUT2D eigenvalue weighted by atomic mass is 10.3. The standard InChI is InChI=1S/C17H18ClN5O3S/c1-4-23-13-14(21(2)17(26)22(3)15(13)25)20-16(23)27-9-12(24)19-11-7-5-10(18)6-8-11/h5-8H,4,9H2,1-3H3,(H,19,24). The minimum Gasteiger partial charge on any atom is -0.325 e. The number of hydrogen-bond acceptors (Lipinski definition) is 5. The van der Waals surface area contributed by atoms with Gasteiger partial charge >= 0.3 is 5.69 Å². The molecule has 1 N–H and O–H groups in total. The Balaban J connectivity index is 1.87. The predicted octanol–water partition coefficient (Wildman–Crippen LogP) is 1.84. The van der Waals surface area contributed by atoms with E-state index in [4.69, 9.17) is 11.6 Å². The van der Waals surface area contributed by atoms with Gasteiger partial charge in [-0.05, 0) is 31.2 Å². The molecule has 0 radical (unpaired) electrons. The Bertz CT molecular complexity index is 1130. The van der Waals surface area contributed by atoms with Crippen LogP contribution in [0.1, 0.15) is 6.92 Å². The molecule has 1 amide bonds. The summed E-state index contributed by atoms with van der Waals surface area (Å²) in [6.07, 6.45) is 0. The number of halogens is 1. The van der Waals surface area contributed by atoms with E-state index in [1.165, 1.54) is 23.4 Å². The van der Waals surface area contributed by atoms with Gasteiger partial charge in [-0.25, -0.2) is 9.78 Å². The van der Waals surface area contributed by atoms with Crippen molar-refractivity contribution in [1.29, 1.82) is 0 Å². The van der Waals surface area contributed by atoms with Crippen molar-refractivity contribution in [2.24, 2.45) is 14.1 Å². The molecule has 0 unspecified atom stereocenters. The highest BCUT2D eigenvalue weighted by Crippen LogP contribution is 2.22. The first-order valence-corrected chi connectivity index (χ1v) is 9.54. The largest absolute Gasteiger partial charge is 0.332 e. The number of imidazole rings is 1. The van der Waals surface area contributed by atoms with Crippen LogP contribution in [0.3, 0.4) is 0 Å². The number of thioether (sulfide) groups is 1. The summed E-state index contributed by atoms with van der Waals surface area (Å²) in [7, 11) is 3.00. The third kappa shape index (κ3) is 3.65. The predicted molar refractivity (Wildman–Crippen MR) is 107 cm³/mol. The van der Waals surface area contributed by atoms with Gasteiger partial charge < -0.3 is 9.88 Å². The van der Waals surface area contributed by atoms with E-state index in [0.29, 0.717) is 33.6 Å². The van der Waals surface area contributed by atoms with Gasteiger partial charge in [0.25, 0.3) is 5.56 Å². The first-order valence-electron chi connectivity index (χ1n) is 8.18. The number of benzene rings is 1. The maximum atomic E-state index is 12.5. The number of nitrogens with zero attached hydrogens (tertiary/aromatic N) is 4. The zero-order chi connectivity index (χ0) is 19.7. The monoisotopic (exact) mass is 407 g/mol. The van der Waals surface area contributed by atoms with Gasteiger partial charge in [-0.15, -0.1) is 0 Å². The van der Waals surface area contributed by atoms with Crippen LogP contribution in [-0.4, -0.2) is 30.3 Å². The maximum Gasteiger partial charge on any atom is 0.332 e. The fraction of sp³-hybridized carbons (Fsp3) is 0.294. The molecule has 8 nitrogen and oxygen atoms in total. The molecule has 3 rings (SSSR count). The van der Waals surface area contributed by atoms with Gasteiger partial charge in [0.15, 0.2) is 16.3 Å².